The second-order valence-electron chi connectivity index (χ2n) is 19.9. The molecule has 3 heterocycles. The molecule has 0 atom stereocenters. The summed E-state index contributed by atoms with van der Waals surface area (Å²) in [6, 6.07) is 50.1. The van der Waals surface area contributed by atoms with Crippen molar-refractivity contribution >= 4 is 62.4 Å². The number of fused-ring (bicyclic) bond motifs is 9. The lowest BCUT2D eigenvalue weighted by Gasteiger charge is -2.26. The van der Waals surface area contributed by atoms with Gasteiger partial charge in [-0.05, 0) is 104 Å². The second-order valence-corrected chi connectivity index (χ2v) is 19.9. The molecule has 294 valence electrons. The Labute approximate surface area is 354 Å². The predicted octanol–water partition coefficient (Wildman–Crippen LogP) is 12.3. The zero-order chi connectivity index (χ0) is 41.5. The first-order valence-corrected chi connectivity index (χ1v) is 21.5. The minimum absolute atomic E-state index is 0.0187. The van der Waals surface area contributed by atoms with Crippen molar-refractivity contribution in [3.8, 4) is 39.3 Å². The van der Waals surface area contributed by atoms with Crippen LogP contribution in [0.5, 0.6) is 0 Å². The molecule has 0 fully saturated rings. The maximum atomic E-state index is 5.28. The molecule has 0 bridgehead atoms. The van der Waals surface area contributed by atoms with Gasteiger partial charge >= 0.3 is 0 Å². The number of benzene rings is 7. The molecule has 60 heavy (non-hydrogen) atoms. The number of rotatable bonds is 4. The Morgan fingerprint density at radius 3 is 2.07 bits per heavy atom. The molecule has 2 aromatic heterocycles. The lowest BCUT2D eigenvalue weighted by atomic mass is 9.59. The van der Waals surface area contributed by atoms with Gasteiger partial charge in [-0.1, -0.05) is 146 Å². The number of aromatic nitrogens is 3. The fourth-order valence-electron chi connectivity index (χ4n) is 10.3. The summed E-state index contributed by atoms with van der Waals surface area (Å²) < 4.78 is 4.86. The number of hydrogen-bond acceptors (Lipinski definition) is 2. The maximum Gasteiger partial charge on any atom is 0.198 e. The standard InChI is InChI=1S/C55H51BN4/c1-53(2,3)33-19-22-35(23-20-33)57-45-26-21-34(54(4,5)6)27-40(45)37-24-25-38-41-28-39-36-17-13-14-18-42(36)55(7,8)43(39)29-47(41)60-48-31-49-46(30-44(48)56-50(37)51(38)60)58-52(59(49)9)32-15-11-10-12-16-32/h10-31,56-57H,1-9H3. The van der Waals surface area contributed by atoms with Gasteiger partial charge in [0, 0.05) is 56.9 Å². The average Bonchev–Trinajstić information content (AvgIpc) is 3.81. The van der Waals surface area contributed by atoms with Crippen molar-refractivity contribution in [2.75, 3.05) is 5.32 Å². The summed E-state index contributed by atoms with van der Waals surface area (Å²) in [5.74, 6) is 0.983. The molecule has 5 heteroatoms. The number of hydrogen-bond donors (Lipinski definition) is 1. The fourth-order valence-corrected chi connectivity index (χ4v) is 10.3. The summed E-state index contributed by atoms with van der Waals surface area (Å²) >= 11 is 0. The Hall–Kier alpha value is -6.33. The minimum atomic E-state index is -0.113. The van der Waals surface area contributed by atoms with Gasteiger partial charge < -0.3 is 14.5 Å². The van der Waals surface area contributed by atoms with Gasteiger partial charge in [0.05, 0.1) is 16.6 Å². The van der Waals surface area contributed by atoms with Gasteiger partial charge in [0.1, 0.15) is 5.82 Å². The van der Waals surface area contributed by atoms with Gasteiger partial charge in [-0.15, -0.1) is 0 Å². The van der Waals surface area contributed by atoms with Gasteiger partial charge in [-0.25, -0.2) is 4.98 Å². The summed E-state index contributed by atoms with van der Waals surface area (Å²) in [5, 5.41) is 6.48. The normalized spacial score (nSPS) is 14.0. The minimum Gasteiger partial charge on any atom is -0.355 e. The van der Waals surface area contributed by atoms with Crippen LogP contribution in [0.1, 0.15) is 77.6 Å². The molecular formula is C55H51BN4. The van der Waals surface area contributed by atoms with Crippen molar-refractivity contribution in [1.82, 2.24) is 14.1 Å². The van der Waals surface area contributed by atoms with Crippen LogP contribution in [0.3, 0.4) is 0 Å². The van der Waals surface area contributed by atoms with E-state index in [0.717, 1.165) is 41.1 Å². The van der Waals surface area contributed by atoms with Crippen LogP contribution >= 0.6 is 0 Å². The molecule has 0 spiro atoms. The topological polar surface area (TPSA) is 34.8 Å². The van der Waals surface area contributed by atoms with Gasteiger partial charge in [-0.3, -0.25) is 0 Å². The highest BCUT2D eigenvalue weighted by atomic mass is 15.1. The van der Waals surface area contributed by atoms with Crippen molar-refractivity contribution in [2.24, 2.45) is 7.05 Å². The van der Waals surface area contributed by atoms with E-state index in [9.17, 15) is 0 Å². The number of nitrogens with zero attached hydrogens (tertiary/aromatic N) is 3. The highest BCUT2D eigenvalue weighted by molar-refractivity contribution is 6.73. The van der Waals surface area contributed by atoms with E-state index in [1.165, 1.54) is 82.9 Å². The molecule has 1 aliphatic carbocycles. The molecule has 0 saturated heterocycles. The maximum absolute atomic E-state index is 5.28. The first-order valence-electron chi connectivity index (χ1n) is 21.5. The third kappa shape index (κ3) is 5.41. The molecule has 0 radical (unpaired) electrons. The van der Waals surface area contributed by atoms with Crippen LogP contribution in [0, 0.1) is 0 Å². The molecule has 1 aliphatic heterocycles. The molecule has 0 amide bonds. The van der Waals surface area contributed by atoms with Crippen LogP contribution in [0.4, 0.5) is 11.4 Å². The van der Waals surface area contributed by atoms with Crippen LogP contribution in [-0.2, 0) is 23.3 Å². The van der Waals surface area contributed by atoms with Crippen LogP contribution in [-0.4, -0.2) is 21.4 Å². The van der Waals surface area contributed by atoms with E-state index in [1.807, 2.05) is 0 Å². The summed E-state index contributed by atoms with van der Waals surface area (Å²) in [5.41, 5.74) is 22.5. The Balaban J connectivity index is 1.19. The molecule has 2 aliphatic rings. The summed E-state index contributed by atoms with van der Waals surface area (Å²) in [7, 11) is 2.96. The Morgan fingerprint density at radius 1 is 0.600 bits per heavy atom. The van der Waals surface area contributed by atoms with E-state index in [4.69, 9.17) is 4.98 Å². The average molecular weight is 779 g/mol. The molecule has 11 rings (SSSR count). The van der Waals surface area contributed by atoms with E-state index in [-0.39, 0.29) is 16.2 Å². The largest absolute Gasteiger partial charge is 0.355 e. The zero-order valence-electron chi connectivity index (χ0n) is 36.3. The van der Waals surface area contributed by atoms with Crippen LogP contribution in [0.2, 0.25) is 0 Å². The fraction of sp³-hybridized carbons (Fsp3) is 0.218. The first kappa shape index (κ1) is 36.7. The molecule has 0 saturated carbocycles. The van der Waals surface area contributed by atoms with Crippen LogP contribution < -0.4 is 16.2 Å². The van der Waals surface area contributed by atoms with Crippen molar-refractivity contribution in [3.63, 3.8) is 0 Å². The van der Waals surface area contributed by atoms with Crippen molar-refractivity contribution < 1.29 is 0 Å². The van der Waals surface area contributed by atoms with Gasteiger partial charge in [0.2, 0.25) is 0 Å². The highest BCUT2D eigenvalue weighted by Crippen LogP contribution is 2.51. The SMILES string of the molecule is Cn1c(-c2ccccc2)nc2cc3c(cc21)-n1c2cc4c(cc2c2ccc(-c5cc(C(C)(C)C)ccc5Nc5ccc(C(C)(C)C)cc5)c(c21)B3)-c1ccccc1C4(C)C. The Bertz CT molecular complexity index is 3240. The highest BCUT2D eigenvalue weighted by Gasteiger charge is 2.37. The summed E-state index contributed by atoms with van der Waals surface area (Å²) in [4.78, 5) is 5.28. The van der Waals surface area contributed by atoms with E-state index < -0.39 is 0 Å². The van der Waals surface area contributed by atoms with Crippen molar-refractivity contribution in [2.45, 2.75) is 71.6 Å². The number of aryl methyl sites for hydroxylation is 1. The molecule has 9 aromatic rings. The quantitative estimate of drug-likeness (QED) is 0.181. The third-order valence-corrected chi connectivity index (χ3v) is 13.7. The number of anilines is 2. The van der Waals surface area contributed by atoms with Gasteiger partial charge in [0.15, 0.2) is 7.28 Å². The lowest BCUT2D eigenvalue weighted by Crippen LogP contribution is -2.37. The lowest BCUT2D eigenvalue weighted by molar-refractivity contribution is 0.590. The smallest absolute Gasteiger partial charge is 0.198 e. The monoisotopic (exact) mass is 778 g/mol. The van der Waals surface area contributed by atoms with E-state index >= 15 is 0 Å². The molecule has 1 N–H and O–H groups in total. The Kier molecular flexibility index (Phi) is 7.71. The van der Waals surface area contributed by atoms with E-state index in [2.05, 4.69) is 210 Å². The van der Waals surface area contributed by atoms with Crippen molar-refractivity contribution in [1.29, 1.82) is 0 Å². The second kappa shape index (κ2) is 12.6. The summed E-state index contributed by atoms with van der Waals surface area (Å²) in [6.07, 6.45) is 0. The Morgan fingerprint density at radius 2 is 1.32 bits per heavy atom. The van der Waals surface area contributed by atoms with Crippen molar-refractivity contribution in [3.05, 3.63) is 156 Å². The zero-order valence-corrected chi connectivity index (χ0v) is 36.3. The summed E-state index contributed by atoms with van der Waals surface area (Å²) in [6.45, 7) is 18.5. The van der Waals surface area contributed by atoms with Gasteiger partial charge in [-0.2, -0.15) is 0 Å². The van der Waals surface area contributed by atoms with E-state index in [0.29, 0.717) is 0 Å². The molecule has 7 aromatic carbocycles. The van der Waals surface area contributed by atoms with E-state index in [1.54, 1.807) is 0 Å². The predicted molar refractivity (Wildman–Crippen MR) is 257 cm³/mol. The molecule has 4 nitrogen and oxygen atoms in total. The van der Waals surface area contributed by atoms with Crippen LogP contribution in [0.15, 0.2) is 133 Å². The van der Waals surface area contributed by atoms with Gasteiger partial charge in [0.25, 0.3) is 0 Å². The number of nitrogens with one attached hydrogen (secondary N) is 1. The third-order valence-electron chi connectivity index (χ3n) is 13.7. The van der Waals surface area contributed by atoms with Crippen LogP contribution in [0.25, 0.3) is 72.2 Å². The first-order chi connectivity index (χ1) is 28.7. The molecule has 0 unspecified atom stereocenters. The number of imidazole rings is 1. The molecular weight excluding hydrogens is 727 g/mol.